The summed E-state index contributed by atoms with van der Waals surface area (Å²) in [5.41, 5.74) is 6.97. The van der Waals surface area contributed by atoms with Crippen LogP contribution in [0.15, 0.2) is 30.3 Å². The van der Waals surface area contributed by atoms with E-state index in [0.717, 1.165) is 45.8 Å². The van der Waals surface area contributed by atoms with E-state index in [2.05, 4.69) is 40.1 Å². The van der Waals surface area contributed by atoms with Crippen molar-refractivity contribution >= 4 is 62.0 Å². The summed E-state index contributed by atoms with van der Waals surface area (Å²) < 4.78 is 0. The second-order valence-corrected chi connectivity index (χ2v) is 4.39. The van der Waals surface area contributed by atoms with Crippen molar-refractivity contribution in [3.05, 3.63) is 35.9 Å². The van der Waals surface area contributed by atoms with Crippen LogP contribution in [0.3, 0.4) is 0 Å². The molecule has 0 bridgehead atoms. The first-order valence-electron chi connectivity index (χ1n) is 6.07. The van der Waals surface area contributed by atoms with Crippen molar-refractivity contribution in [3.8, 4) is 0 Å². The average molecular weight is 402 g/mol. The van der Waals surface area contributed by atoms with Crippen molar-refractivity contribution in [1.29, 1.82) is 0 Å². The topological polar surface area (TPSA) is 32.5 Å². The van der Waals surface area contributed by atoms with Crippen LogP contribution >= 0.6 is 62.0 Å². The molecule has 0 atom stereocenters. The lowest BCUT2D eigenvalue weighted by Crippen LogP contribution is -2.47. The first-order valence-corrected chi connectivity index (χ1v) is 6.07. The molecule has 0 amide bonds. The molecule has 1 aliphatic heterocycles. The lowest BCUT2D eigenvalue weighted by atomic mass is 10.2. The van der Waals surface area contributed by atoms with Gasteiger partial charge in [-0.2, -0.15) is 0 Å². The molecule has 0 saturated carbocycles. The zero-order valence-electron chi connectivity index (χ0n) is 11.8. The molecule has 1 heterocycles. The van der Waals surface area contributed by atoms with Crippen molar-refractivity contribution in [2.45, 2.75) is 6.54 Å². The molecule has 3 nitrogen and oxygen atoms in total. The molecule has 21 heavy (non-hydrogen) atoms. The van der Waals surface area contributed by atoms with Crippen molar-refractivity contribution in [3.63, 3.8) is 0 Å². The fourth-order valence-corrected chi connectivity index (χ4v) is 2.20. The van der Waals surface area contributed by atoms with Crippen molar-refractivity contribution in [1.82, 2.24) is 9.80 Å². The van der Waals surface area contributed by atoms with Crippen LogP contribution in [0.4, 0.5) is 0 Å². The SMILES string of the molecule is Cl.Cl.Cl.Cl.Cl.NCCN1CCN(Cc2ccccc2)CC1. The van der Waals surface area contributed by atoms with E-state index < -0.39 is 0 Å². The standard InChI is InChI=1S/C13H21N3.5ClH/c14-6-7-15-8-10-16(11-9-15)12-13-4-2-1-3-5-13;;;;;/h1-5H,6-12,14H2;5*1H. The highest BCUT2D eigenvalue weighted by molar-refractivity contribution is 5.86. The number of benzene rings is 1. The average Bonchev–Trinajstić information content (AvgIpc) is 2.33. The summed E-state index contributed by atoms with van der Waals surface area (Å²) in [6.07, 6.45) is 0. The van der Waals surface area contributed by atoms with Gasteiger partial charge in [-0.1, -0.05) is 30.3 Å². The highest BCUT2D eigenvalue weighted by Crippen LogP contribution is 2.07. The number of nitrogens with zero attached hydrogens (tertiary/aromatic N) is 2. The van der Waals surface area contributed by atoms with Gasteiger partial charge < -0.3 is 5.73 Å². The third kappa shape index (κ3) is 10.8. The maximum absolute atomic E-state index is 5.56. The van der Waals surface area contributed by atoms with Gasteiger partial charge in [0.05, 0.1) is 0 Å². The van der Waals surface area contributed by atoms with E-state index >= 15 is 0 Å². The second kappa shape index (κ2) is 16.9. The number of hydrogen-bond donors (Lipinski definition) is 1. The summed E-state index contributed by atoms with van der Waals surface area (Å²) in [4.78, 5) is 4.96. The fraction of sp³-hybridized carbons (Fsp3) is 0.538. The molecular weight excluding hydrogens is 375 g/mol. The van der Waals surface area contributed by atoms with Crippen molar-refractivity contribution < 1.29 is 0 Å². The number of rotatable bonds is 4. The number of halogens is 5. The molecule has 2 N–H and O–H groups in total. The van der Waals surface area contributed by atoms with Gasteiger partial charge >= 0.3 is 0 Å². The Hall–Kier alpha value is 0.550. The summed E-state index contributed by atoms with van der Waals surface area (Å²) in [6, 6.07) is 10.7. The Bertz CT molecular complexity index is 308. The molecule has 1 saturated heterocycles. The minimum absolute atomic E-state index is 0. The Balaban J connectivity index is -0.000000289. The summed E-state index contributed by atoms with van der Waals surface area (Å²) in [5.74, 6) is 0. The minimum Gasteiger partial charge on any atom is -0.329 e. The van der Waals surface area contributed by atoms with E-state index in [1.165, 1.54) is 5.56 Å². The van der Waals surface area contributed by atoms with Crippen LogP contribution < -0.4 is 5.73 Å². The van der Waals surface area contributed by atoms with Crippen LogP contribution in [0.2, 0.25) is 0 Å². The molecule has 0 spiro atoms. The third-order valence-electron chi connectivity index (χ3n) is 3.16. The van der Waals surface area contributed by atoms with Gasteiger partial charge in [0.2, 0.25) is 0 Å². The molecule has 1 aromatic carbocycles. The normalized spacial score (nSPS) is 14.3. The largest absolute Gasteiger partial charge is 0.329 e. The Morgan fingerprint density at radius 3 is 1.71 bits per heavy atom. The van der Waals surface area contributed by atoms with E-state index in [-0.39, 0.29) is 62.0 Å². The van der Waals surface area contributed by atoms with Crippen LogP contribution in [0.1, 0.15) is 5.56 Å². The van der Waals surface area contributed by atoms with Gasteiger partial charge in [0.15, 0.2) is 0 Å². The third-order valence-corrected chi connectivity index (χ3v) is 3.16. The molecule has 0 aliphatic carbocycles. The smallest absolute Gasteiger partial charge is 0.0234 e. The van der Waals surface area contributed by atoms with Gasteiger partial charge in [-0.25, -0.2) is 0 Å². The summed E-state index contributed by atoms with van der Waals surface area (Å²) >= 11 is 0. The molecule has 8 heteroatoms. The highest BCUT2D eigenvalue weighted by atomic mass is 35.5. The first-order chi connectivity index (χ1) is 7.88. The van der Waals surface area contributed by atoms with E-state index in [1.54, 1.807) is 0 Å². The lowest BCUT2D eigenvalue weighted by Gasteiger charge is -2.34. The molecule has 128 valence electrons. The Morgan fingerprint density at radius 2 is 1.24 bits per heavy atom. The molecule has 0 unspecified atom stereocenters. The fourth-order valence-electron chi connectivity index (χ4n) is 2.20. The zero-order chi connectivity index (χ0) is 11.2. The summed E-state index contributed by atoms with van der Waals surface area (Å²) in [7, 11) is 0. The first kappa shape index (κ1) is 29.5. The second-order valence-electron chi connectivity index (χ2n) is 4.39. The Kier molecular flexibility index (Phi) is 23.8. The van der Waals surface area contributed by atoms with Gasteiger partial charge in [-0.15, -0.1) is 62.0 Å². The highest BCUT2D eigenvalue weighted by Gasteiger charge is 2.15. The van der Waals surface area contributed by atoms with Crippen molar-refractivity contribution in [2.24, 2.45) is 5.73 Å². The van der Waals surface area contributed by atoms with Crippen LogP contribution in [-0.2, 0) is 6.54 Å². The zero-order valence-corrected chi connectivity index (χ0v) is 15.9. The minimum atomic E-state index is 0. The molecule has 1 fully saturated rings. The van der Waals surface area contributed by atoms with Gasteiger partial charge in [0.25, 0.3) is 0 Å². The number of hydrogen-bond acceptors (Lipinski definition) is 3. The van der Waals surface area contributed by atoms with Gasteiger partial charge in [0.1, 0.15) is 0 Å². The summed E-state index contributed by atoms with van der Waals surface area (Å²) in [5, 5.41) is 0. The number of nitrogens with two attached hydrogens (primary N) is 1. The molecule has 2 rings (SSSR count). The van der Waals surface area contributed by atoms with Crippen LogP contribution in [-0.4, -0.2) is 49.1 Å². The molecule has 0 aromatic heterocycles. The molecule has 1 aromatic rings. The van der Waals surface area contributed by atoms with E-state index in [0.29, 0.717) is 0 Å². The van der Waals surface area contributed by atoms with Gasteiger partial charge in [-0.3, -0.25) is 9.80 Å². The Morgan fingerprint density at radius 1 is 0.762 bits per heavy atom. The predicted octanol–water partition coefficient (Wildman–Crippen LogP) is 2.87. The van der Waals surface area contributed by atoms with E-state index in [4.69, 9.17) is 5.73 Å². The predicted molar refractivity (Wildman–Crippen MR) is 103 cm³/mol. The molecular formula is C13H26Cl5N3. The lowest BCUT2D eigenvalue weighted by molar-refractivity contribution is 0.130. The monoisotopic (exact) mass is 399 g/mol. The van der Waals surface area contributed by atoms with E-state index in [1.807, 2.05) is 0 Å². The van der Waals surface area contributed by atoms with Gasteiger partial charge in [0, 0.05) is 45.8 Å². The van der Waals surface area contributed by atoms with E-state index in [9.17, 15) is 0 Å². The maximum atomic E-state index is 5.56. The van der Waals surface area contributed by atoms with Crippen LogP contribution in [0.5, 0.6) is 0 Å². The van der Waals surface area contributed by atoms with Crippen LogP contribution in [0, 0.1) is 0 Å². The van der Waals surface area contributed by atoms with Gasteiger partial charge in [-0.05, 0) is 5.56 Å². The number of piperazine rings is 1. The van der Waals surface area contributed by atoms with Crippen molar-refractivity contribution in [2.75, 3.05) is 39.3 Å². The molecule has 0 radical (unpaired) electrons. The van der Waals surface area contributed by atoms with Crippen LogP contribution in [0.25, 0.3) is 0 Å². The summed E-state index contributed by atoms with van der Waals surface area (Å²) in [6.45, 7) is 7.53. The maximum Gasteiger partial charge on any atom is 0.0234 e. The quantitative estimate of drug-likeness (QED) is 0.842. The Labute approximate surface area is 159 Å². The molecule has 1 aliphatic rings.